The lowest BCUT2D eigenvalue weighted by atomic mass is 10.4. The van der Waals surface area contributed by atoms with Crippen molar-refractivity contribution in [3.8, 4) is 0 Å². The summed E-state index contributed by atoms with van der Waals surface area (Å²) in [5.41, 5.74) is 0. The van der Waals surface area contributed by atoms with E-state index < -0.39 is 10.0 Å². The fourth-order valence-corrected chi connectivity index (χ4v) is 2.98. The molecule has 1 aliphatic heterocycles. The Morgan fingerprint density at radius 2 is 2.12 bits per heavy atom. The Morgan fingerprint density at radius 3 is 2.69 bits per heavy atom. The van der Waals surface area contributed by atoms with E-state index in [1.54, 1.807) is 0 Å². The molecule has 0 aromatic heterocycles. The zero-order chi connectivity index (χ0) is 12.2. The topological polar surface area (TPSA) is 69.7 Å². The van der Waals surface area contributed by atoms with Crippen LogP contribution in [0.5, 0.6) is 0 Å². The van der Waals surface area contributed by atoms with Gasteiger partial charge in [0.25, 0.3) is 0 Å². The average molecular weight is 249 g/mol. The van der Waals surface area contributed by atoms with E-state index in [9.17, 15) is 13.2 Å². The Labute approximate surface area is 96.6 Å². The molecule has 1 rings (SSSR count). The first-order valence-corrected chi connectivity index (χ1v) is 6.92. The van der Waals surface area contributed by atoms with Crippen molar-refractivity contribution < 1.29 is 13.2 Å². The molecule has 16 heavy (non-hydrogen) atoms. The summed E-state index contributed by atoms with van der Waals surface area (Å²) in [5.74, 6) is -0.110. The molecule has 6 nitrogen and oxygen atoms in total. The molecule has 0 bridgehead atoms. The largest absolute Gasteiger partial charge is 0.354 e. The molecular weight excluding hydrogens is 230 g/mol. The zero-order valence-electron chi connectivity index (χ0n) is 9.77. The van der Waals surface area contributed by atoms with Crippen LogP contribution in [0.4, 0.5) is 0 Å². The number of sulfonamides is 1. The summed E-state index contributed by atoms with van der Waals surface area (Å²) in [6, 6.07) is 0. The van der Waals surface area contributed by atoms with Crippen molar-refractivity contribution in [1.29, 1.82) is 0 Å². The molecule has 1 heterocycles. The molecule has 1 fully saturated rings. The van der Waals surface area contributed by atoms with Gasteiger partial charge in [-0.3, -0.25) is 4.79 Å². The molecule has 0 unspecified atom stereocenters. The van der Waals surface area contributed by atoms with Gasteiger partial charge in [0.15, 0.2) is 0 Å². The third-order valence-corrected chi connectivity index (χ3v) is 4.31. The van der Waals surface area contributed by atoms with Crippen molar-refractivity contribution in [1.82, 2.24) is 14.5 Å². The summed E-state index contributed by atoms with van der Waals surface area (Å²) in [5, 5.41) is 2.61. The summed E-state index contributed by atoms with van der Waals surface area (Å²) in [4.78, 5) is 13.0. The molecule has 0 saturated carbocycles. The van der Waals surface area contributed by atoms with Crippen LogP contribution < -0.4 is 5.32 Å². The first kappa shape index (κ1) is 13.4. The van der Waals surface area contributed by atoms with Crippen LogP contribution in [0.15, 0.2) is 0 Å². The van der Waals surface area contributed by atoms with Crippen LogP contribution in [0.25, 0.3) is 0 Å². The standard InChI is InChI=1S/C9H19N3O3S/c1-11(2)5-3-7-16(14,15)12-6-4-10-9(13)8-12/h3-8H2,1-2H3,(H,10,13). The first-order chi connectivity index (χ1) is 7.42. The highest BCUT2D eigenvalue weighted by molar-refractivity contribution is 7.89. The van der Waals surface area contributed by atoms with Gasteiger partial charge in [0.05, 0.1) is 12.3 Å². The minimum atomic E-state index is -3.27. The van der Waals surface area contributed by atoms with Crippen molar-refractivity contribution in [2.45, 2.75) is 6.42 Å². The summed E-state index contributed by atoms with van der Waals surface area (Å²) in [7, 11) is 0.541. The van der Waals surface area contributed by atoms with E-state index in [-0.39, 0.29) is 18.2 Å². The van der Waals surface area contributed by atoms with E-state index >= 15 is 0 Å². The Kier molecular flexibility index (Phi) is 4.69. The highest BCUT2D eigenvalue weighted by Gasteiger charge is 2.26. The Morgan fingerprint density at radius 1 is 1.44 bits per heavy atom. The average Bonchev–Trinajstić information content (AvgIpc) is 2.16. The summed E-state index contributed by atoms with van der Waals surface area (Å²) in [6.07, 6.45) is 0.591. The predicted molar refractivity (Wildman–Crippen MR) is 61.5 cm³/mol. The molecule has 1 N–H and O–H groups in total. The number of piperazine rings is 1. The molecule has 0 aromatic carbocycles. The molecule has 0 radical (unpaired) electrons. The molecule has 94 valence electrons. The molecule has 0 atom stereocenters. The number of hydrogen-bond donors (Lipinski definition) is 1. The van der Waals surface area contributed by atoms with Gasteiger partial charge in [-0.2, -0.15) is 4.31 Å². The van der Waals surface area contributed by atoms with Crippen LogP contribution in [-0.4, -0.2) is 69.6 Å². The summed E-state index contributed by atoms with van der Waals surface area (Å²) >= 11 is 0. The second-order valence-corrected chi connectivity index (χ2v) is 6.24. The second-order valence-electron chi connectivity index (χ2n) is 4.16. The number of rotatable bonds is 5. The molecule has 0 aromatic rings. The van der Waals surface area contributed by atoms with Crippen molar-refractivity contribution in [3.05, 3.63) is 0 Å². The van der Waals surface area contributed by atoms with E-state index in [2.05, 4.69) is 5.32 Å². The number of nitrogens with zero attached hydrogens (tertiary/aromatic N) is 2. The third kappa shape index (κ3) is 4.07. The highest BCUT2D eigenvalue weighted by Crippen LogP contribution is 2.05. The van der Waals surface area contributed by atoms with Gasteiger partial charge in [0, 0.05) is 13.1 Å². The fourth-order valence-electron chi connectivity index (χ4n) is 1.54. The lowest BCUT2D eigenvalue weighted by Crippen LogP contribution is -2.50. The maximum absolute atomic E-state index is 11.8. The minimum Gasteiger partial charge on any atom is -0.354 e. The molecule has 7 heteroatoms. The van der Waals surface area contributed by atoms with Gasteiger partial charge in [-0.1, -0.05) is 0 Å². The summed E-state index contributed by atoms with van der Waals surface area (Å²) < 4.78 is 24.9. The Hall–Kier alpha value is -0.660. The number of hydrogen-bond acceptors (Lipinski definition) is 4. The van der Waals surface area contributed by atoms with E-state index in [4.69, 9.17) is 0 Å². The maximum Gasteiger partial charge on any atom is 0.235 e. The van der Waals surface area contributed by atoms with Crippen LogP contribution in [-0.2, 0) is 14.8 Å². The van der Waals surface area contributed by atoms with Crippen molar-refractivity contribution in [3.63, 3.8) is 0 Å². The lowest BCUT2D eigenvalue weighted by molar-refractivity contribution is -0.122. The number of amides is 1. The van der Waals surface area contributed by atoms with Crippen molar-refractivity contribution >= 4 is 15.9 Å². The monoisotopic (exact) mass is 249 g/mol. The molecule has 1 aliphatic rings. The van der Waals surface area contributed by atoms with Gasteiger partial charge in [-0.05, 0) is 27.1 Å². The van der Waals surface area contributed by atoms with Crippen LogP contribution in [0.2, 0.25) is 0 Å². The lowest BCUT2D eigenvalue weighted by Gasteiger charge is -2.26. The highest BCUT2D eigenvalue weighted by atomic mass is 32.2. The van der Waals surface area contributed by atoms with E-state index in [1.165, 1.54) is 4.31 Å². The third-order valence-electron chi connectivity index (χ3n) is 2.40. The minimum absolute atomic E-state index is 0.0374. The molecule has 1 amide bonds. The summed E-state index contributed by atoms with van der Waals surface area (Å²) in [6.45, 7) is 1.49. The fraction of sp³-hybridized carbons (Fsp3) is 0.889. The van der Waals surface area contributed by atoms with E-state index in [1.807, 2.05) is 19.0 Å². The number of carbonyl (C=O) groups excluding carboxylic acids is 1. The van der Waals surface area contributed by atoms with Crippen molar-refractivity contribution in [2.75, 3.05) is 46.0 Å². The van der Waals surface area contributed by atoms with Gasteiger partial charge in [-0.25, -0.2) is 8.42 Å². The first-order valence-electron chi connectivity index (χ1n) is 5.31. The van der Waals surface area contributed by atoms with Crippen LogP contribution in [0.3, 0.4) is 0 Å². The van der Waals surface area contributed by atoms with Crippen molar-refractivity contribution in [2.24, 2.45) is 0 Å². The quantitative estimate of drug-likeness (QED) is 0.657. The smallest absolute Gasteiger partial charge is 0.235 e. The molecule has 1 saturated heterocycles. The predicted octanol–water partition coefficient (Wildman–Crippen LogP) is -1.30. The molecule has 0 aliphatic carbocycles. The van der Waals surface area contributed by atoms with Gasteiger partial charge in [0.1, 0.15) is 0 Å². The van der Waals surface area contributed by atoms with Gasteiger partial charge in [-0.15, -0.1) is 0 Å². The van der Waals surface area contributed by atoms with Gasteiger partial charge >= 0.3 is 0 Å². The Bertz CT molecular complexity index is 340. The SMILES string of the molecule is CN(C)CCCS(=O)(=O)N1CCNC(=O)C1. The van der Waals surface area contributed by atoms with Gasteiger partial charge < -0.3 is 10.2 Å². The molecule has 0 spiro atoms. The van der Waals surface area contributed by atoms with Crippen LogP contribution >= 0.6 is 0 Å². The Balaban J connectivity index is 2.46. The van der Waals surface area contributed by atoms with Crippen LogP contribution in [0, 0.1) is 0 Å². The van der Waals surface area contributed by atoms with E-state index in [0.717, 1.165) is 6.54 Å². The number of nitrogens with one attached hydrogen (secondary N) is 1. The van der Waals surface area contributed by atoms with E-state index in [0.29, 0.717) is 19.5 Å². The molecular formula is C9H19N3O3S. The zero-order valence-corrected chi connectivity index (χ0v) is 10.6. The van der Waals surface area contributed by atoms with Gasteiger partial charge in [0.2, 0.25) is 15.9 Å². The van der Waals surface area contributed by atoms with Crippen LogP contribution in [0.1, 0.15) is 6.42 Å². The number of carbonyl (C=O) groups is 1. The normalized spacial score (nSPS) is 18.8. The maximum atomic E-state index is 11.8. The second kappa shape index (κ2) is 5.60.